The highest BCUT2D eigenvalue weighted by Gasteiger charge is 2.17. The number of hydrogen-bond donors (Lipinski definition) is 2. The summed E-state index contributed by atoms with van der Waals surface area (Å²) in [5.74, 6) is 1.15. The topological polar surface area (TPSA) is 65.8 Å². The monoisotopic (exact) mass is 364 g/mol. The summed E-state index contributed by atoms with van der Waals surface area (Å²) in [6.07, 6.45) is 2.90. The highest BCUT2D eigenvalue weighted by molar-refractivity contribution is 5.84. The number of phenolic OH excluding ortho intramolecular Hbond substituents is 2. The minimum atomic E-state index is 0.175. The first-order valence-corrected chi connectivity index (χ1v) is 9.44. The van der Waals surface area contributed by atoms with Crippen LogP contribution in [0.3, 0.4) is 0 Å². The number of nitrogens with zero attached hydrogens (tertiary/aromatic N) is 2. The van der Waals surface area contributed by atoms with Crippen LogP contribution in [0.4, 0.5) is 0 Å². The second-order valence-corrected chi connectivity index (χ2v) is 6.99. The molecule has 5 nitrogen and oxygen atoms in total. The number of ether oxygens (including phenoxy) is 1. The van der Waals surface area contributed by atoms with Gasteiger partial charge in [0.05, 0.1) is 6.61 Å². The quantitative estimate of drug-likeness (QED) is 0.650. The Hall–Kier alpha value is -2.79. The van der Waals surface area contributed by atoms with Gasteiger partial charge < -0.3 is 14.9 Å². The summed E-state index contributed by atoms with van der Waals surface area (Å²) in [5.41, 5.74) is 2.91. The highest BCUT2D eigenvalue weighted by atomic mass is 16.5. The van der Waals surface area contributed by atoms with E-state index in [4.69, 9.17) is 4.74 Å². The smallest absolute Gasteiger partial charge is 0.213 e. The minimum Gasteiger partial charge on any atom is -0.508 e. The number of phenols is 2. The average molecular weight is 364 g/mol. The molecule has 0 bridgehead atoms. The van der Waals surface area contributed by atoms with Crippen LogP contribution >= 0.6 is 0 Å². The van der Waals surface area contributed by atoms with Crippen molar-refractivity contribution in [2.45, 2.75) is 25.8 Å². The zero-order valence-corrected chi connectivity index (χ0v) is 15.3. The Kier molecular flexibility index (Phi) is 5.12. The van der Waals surface area contributed by atoms with Crippen molar-refractivity contribution in [2.75, 3.05) is 19.7 Å². The average Bonchev–Trinajstić information content (AvgIpc) is 2.68. The number of hydrogen-bond acceptors (Lipinski definition) is 5. The summed E-state index contributed by atoms with van der Waals surface area (Å²) in [6, 6.07) is 14.9. The SMILES string of the molecule is Oc1cccc2c1CCN(CCCCOc1ccc3cccc(O)c3n1)C2. The molecule has 2 N–H and O–H groups in total. The van der Waals surface area contributed by atoms with Crippen LogP contribution < -0.4 is 4.74 Å². The summed E-state index contributed by atoms with van der Waals surface area (Å²) in [7, 11) is 0. The van der Waals surface area contributed by atoms with E-state index >= 15 is 0 Å². The molecule has 5 heteroatoms. The Balaban J connectivity index is 1.24. The van der Waals surface area contributed by atoms with Crippen molar-refractivity contribution in [3.63, 3.8) is 0 Å². The third-order valence-electron chi connectivity index (χ3n) is 5.11. The number of para-hydroxylation sites is 1. The van der Waals surface area contributed by atoms with Gasteiger partial charge in [0.2, 0.25) is 5.88 Å². The van der Waals surface area contributed by atoms with Crippen molar-refractivity contribution in [1.29, 1.82) is 0 Å². The van der Waals surface area contributed by atoms with E-state index in [1.54, 1.807) is 18.2 Å². The van der Waals surface area contributed by atoms with E-state index in [9.17, 15) is 10.2 Å². The molecule has 2 aromatic carbocycles. The van der Waals surface area contributed by atoms with Gasteiger partial charge in [-0.2, -0.15) is 0 Å². The summed E-state index contributed by atoms with van der Waals surface area (Å²) in [5, 5.41) is 20.7. The molecular weight excluding hydrogens is 340 g/mol. The van der Waals surface area contributed by atoms with Gasteiger partial charge >= 0.3 is 0 Å². The Morgan fingerprint density at radius 1 is 0.963 bits per heavy atom. The molecule has 0 radical (unpaired) electrons. The van der Waals surface area contributed by atoms with Crippen molar-refractivity contribution >= 4 is 10.9 Å². The van der Waals surface area contributed by atoms with Crippen molar-refractivity contribution in [1.82, 2.24) is 9.88 Å². The molecule has 0 amide bonds. The molecule has 1 aromatic heterocycles. The lowest BCUT2D eigenvalue weighted by atomic mass is 9.98. The molecule has 0 spiro atoms. The molecule has 1 aliphatic rings. The van der Waals surface area contributed by atoms with Crippen LogP contribution in [0.15, 0.2) is 48.5 Å². The molecule has 0 saturated carbocycles. The molecule has 0 saturated heterocycles. The van der Waals surface area contributed by atoms with E-state index in [1.807, 2.05) is 24.3 Å². The first-order valence-electron chi connectivity index (χ1n) is 9.44. The molecule has 3 aromatic rings. The van der Waals surface area contributed by atoms with E-state index in [2.05, 4.69) is 16.0 Å². The molecule has 1 aliphatic heterocycles. The fourth-order valence-electron chi connectivity index (χ4n) is 3.65. The van der Waals surface area contributed by atoms with Gasteiger partial charge in [-0.3, -0.25) is 4.90 Å². The van der Waals surface area contributed by atoms with E-state index in [0.717, 1.165) is 49.8 Å². The van der Waals surface area contributed by atoms with Gasteiger partial charge in [-0.15, -0.1) is 0 Å². The van der Waals surface area contributed by atoms with Gasteiger partial charge in [-0.25, -0.2) is 4.98 Å². The molecule has 2 heterocycles. The molecule has 27 heavy (non-hydrogen) atoms. The second kappa shape index (κ2) is 7.84. The standard InChI is InChI=1S/C22H24N2O3/c25-19-7-4-6-17-15-24(13-11-18(17)19)12-1-2-14-27-21-10-9-16-5-3-8-20(26)22(16)23-21/h3-10,25-26H,1-2,11-15H2. The molecule has 0 aliphatic carbocycles. The van der Waals surface area contributed by atoms with Gasteiger partial charge in [0.25, 0.3) is 0 Å². The first kappa shape index (κ1) is 17.6. The number of aromatic hydroxyl groups is 2. The van der Waals surface area contributed by atoms with Gasteiger partial charge in [0.1, 0.15) is 17.0 Å². The number of benzene rings is 2. The number of unbranched alkanes of at least 4 members (excludes halogenated alkanes) is 1. The van der Waals surface area contributed by atoms with Crippen molar-refractivity contribution in [3.8, 4) is 17.4 Å². The third kappa shape index (κ3) is 3.98. The molecule has 0 unspecified atom stereocenters. The van der Waals surface area contributed by atoms with E-state index < -0.39 is 0 Å². The molecular formula is C22H24N2O3. The predicted molar refractivity (Wildman–Crippen MR) is 105 cm³/mol. The fraction of sp³-hybridized carbons (Fsp3) is 0.318. The summed E-state index contributed by atoms with van der Waals surface area (Å²) >= 11 is 0. The Morgan fingerprint density at radius 3 is 2.74 bits per heavy atom. The lowest BCUT2D eigenvalue weighted by Gasteiger charge is -2.29. The molecule has 0 atom stereocenters. The van der Waals surface area contributed by atoms with Crippen LogP contribution in [0.1, 0.15) is 24.0 Å². The lowest BCUT2D eigenvalue weighted by molar-refractivity contribution is 0.231. The maximum absolute atomic E-state index is 9.92. The largest absolute Gasteiger partial charge is 0.508 e. The summed E-state index contributed by atoms with van der Waals surface area (Å²) < 4.78 is 5.76. The van der Waals surface area contributed by atoms with Crippen LogP contribution in [0, 0.1) is 0 Å². The van der Waals surface area contributed by atoms with Gasteiger partial charge in [-0.1, -0.05) is 24.3 Å². The number of aromatic nitrogens is 1. The zero-order valence-electron chi connectivity index (χ0n) is 15.3. The predicted octanol–water partition coefficient (Wildman–Crippen LogP) is 3.86. The number of rotatable bonds is 6. The summed E-state index contributed by atoms with van der Waals surface area (Å²) in [6.45, 7) is 3.51. The second-order valence-electron chi connectivity index (χ2n) is 6.99. The van der Waals surface area contributed by atoms with Crippen LogP contribution in [0.2, 0.25) is 0 Å². The van der Waals surface area contributed by atoms with E-state index in [-0.39, 0.29) is 5.75 Å². The zero-order chi connectivity index (χ0) is 18.6. The minimum absolute atomic E-state index is 0.175. The first-order chi connectivity index (χ1) is 13.2. The Bertz CT molecular complexity index is 942. The van der Waals surface area contributed by atoms with Gasteiger partial charge in [0, 0.05) is 24.5 Å². The molecule has 140 valence electrons. The summed E-state index contributed by atoms with van der Waals surface area (Å²) in [4.78, 5) is 6.81. The Morgan fingerprint density at radius 2 is 1.81 bits per heavy atom. The van der Waals surface area contributed by atoms with Gasteiger partial charge in [0.15, 0.2) is 0 Å². The maximum atomic E-state index is 9.92. The van der Waals surface area contributed by atoms with E-state index in [1.165, 1.54) is 5.56 Å². The van der Waals surface area contributed by atoms with Crippen LogP contribution in [-0.4, -0.2) is 39.8 Å². The molecule has 0 fully saturated rings. The maximum Gasteiger partial charge on any atom is 0.213 e. The van der Waals surface area contributed by atoms with Gasteiger partial charge in [-0.05, 0) is 55.1 Å². The third-order valence-corrected chi connectivity index (χ3v) is 5.11. The lowest BCUT2D eigenvalue weighted by Crippen LogP contribution is -2.31. The van der Waals surface area contributed by atoms with Crippen LogP contribution in [0.5, 0.6) is 17.4 Å². The number of pyridine rings is 1. The van der Waals surface area contributed by atoms with Crippen molar-refractivity contribution in [3.05, 3.63) is 59.7 Å². The normalized spacial score (nSPS) is 14.2. The van der Waals surface area contributed by atoms with E-state index in [0.29, 0.717) is 23.8 Å². The van der Waals surface area contributed by atoms with Crippen molar-refractivity contribution < 1.29 is 14.9 Å². The van der Waals surface area contributed by atoms with Crippen LogP contribution in [-0.2, 0) is 13.0 Å². The van der Waals surface area contributed by atoms with Crippen molar-refractivity contribution in [2.24, 2.45) is 0 Å². The van der Waals surface area contributed by atoms with Crippen LogP contribution in [0.25, 0.3) is 10.9 Å². The molecule has 4 rings (SSSR count). The fourth-order valence-corrected chi connectivity index (χ4v) is 3.65. The number of fused-ring (bicyclic) bond motifs is 2. The Labute approximate surface area is 158 Å². The highest BCUT2D eigenvalue weighted by Crippen LogP contribution is 2.27.